The van der Waals surface area contributed by atoms with Gasteiger partial charge in [-0.2, -0.15) is 4.72 Å². The second-order valence-corrected chi connectivity index (χ2v) is 6.33. The number of carbonyl (C=O) groups excluding carboxylic acids is 1. The van der Waals surface area contributed by atoms with Crippen molar-refractivity contribution in [3.63, 3.8) is 0 Å². The number of hydrogen-bond donors (Lipinski definition) is 2. The van der Waals surface area contributed by atoms with Gasteiger partial charge in [-0.15, -0.1) is 0 Å². The molecule has 0 aliphatic rings. The number of rotatable bonds is 5. The van der Waals surface area contributed by atoms with Gasteiger partial charge in [0.15, 0.2) is 0 Å². The Morgan fingerprint density at radius 2 is 2.10 bits per heavy atom. The number of nitrogens with one attached hydrogen (secondary N) is 1. The number of ether oxygens (including phenoxy) is 1. The van der Waals surface area contributed by atoms with Gasteiger partial charge in [-0.05, 0) is 38.5 Å². The number of nitrogens with two attached hydrogens (primary N) is 1. The van der Waals surface area contributed by atoms with E-state index in [0.717, 1.165) is 0 Å². The molecule has 1 rings (SSSR count). The van der Waals surface area contributed by atoms with Gasteiger partial charge in [0.2, 0.25) is 10.0 Å². The lowest BCUT2D eigenvalue weighted by Crippen LogP contribution is -2.39. The first kappa shape index (κ1) is 16.7. The molecule has 0 saturated carbocycles. The van der Waals surface area contributed by atoms with Gasteiger partial charge in [0.25, 0.3) is 0 Å². The van der Waals surface area contributed by atoms with E-state index in [4.69, 9.17) is 22.1 Å². The molecule has 112 valence electrons. The van der Waals surface area contributed by atoms with E-state index < -0.39 is 22.0 Å². The highest BCUT2D eigenvalue weighted by atomic mass is 35.5. The number of benzene rings is 1. The van der Waals surface area contributed by atoms with E-state index in [0.29, 0.717) is 5.56 Å². The van der Waals surface area contributed by atoms with Crippen molar-refractivity contribution < 1.29 is 17.9 Å². The molecule has 0 radical (unpaired) electrons. The monoisotopic (exact) mass is 320 g/mol. The molecule has 20 heavy (non-hydrogen) atoms. The van der Waals surface area contributed by atoms with Crippen molar-refractivity contribution in [3.8, 4) is 0 Å². The maximum Gasteiger partial charge on any atom is 0.323 e. The zero-order valence-electron chi connectivity index (χ0n) is 11.4. The van der Waals surface area contributed by atoms with Crippen molar-refractivity contribution in [3.05, 3.63) is 22.7 Å². The van der Waals surface area contributed by atoms with E-state index in [1.165, 1.54) is 19.1 Å². The summed E-state index contributed by atoms with van der Waals surface area (Å²) in [6.45, 7) is 4.78. The minimum atomic E-state index is -3.91. The van der Waals surface area contributed by atoms with Crippen LogP contribution in [0.4, 0.5) is 5.69 Å². The maximum atomic E-state index is 12.2. The Morgan fingerprint density at radius 1 is 1.50 bits per heavy atom. The van der Waals surface area contributed by atoms with Crippen molar-refractivity contribution in [2.45, 2.75) is 31.7 Å². The van der Waals surface area contributed by atoms with Gasteiger partial charge in [-0.3, -0.25) is 4.79 Å². The zero-order valence-corrected chi connectivity index (χ0v) is 13.0. The lowest BCUT2D eigenvalue weighted by atomic mass is 10.2. The SMILES string of the molecule is CCOC(=O)C(C)NS(=O)(=O)c1cc(Cl)cc(N)c1C. The number of halogens is 1. The van der Waals surface area contributed by atoms with Gasteiger partial charge in [0.05, 0.1) is 11.5 Å². The molecule has 0 saturated heterocycles. The molecule has 0 fully saturated rings. The van der Waals surface area contributed by atoms with E-state index >= 15 is 0 Å². The fourth-order valence-electron chi connectivity index (χ4n) is 1.56. The molecule has 0 aromatic heterocycles. The molecule has 0 aliphatic carbocycles. The fraction of sp³-hybridized carbons (Fsp3) is 0.417. The molecule has 8 heteroatoms. The van der Waals surface area contributed by atoms with Gasteiger partial charge < -0.3 is 10.5 Å². The summed E-state index contributed by atoms with van der Waals surface area (Å²) in [5.41, 5.74) is 6.33. The summed E-state index contributed by atoms with van der Waals surface area (Å²) in [7, 11) is -3.91. The fourth-order valence-corrected chi connectivity index (χ4v) is 3.35. The van der Waals surface area contributed by atoms with Crippen LogP contribution >= 0.6 is 11.6 Å². The summed E-state index contributed by atoms with van der Waals surface area (Å²) in [6.07, 6.45) is 0. The molecule has 1 unspecified atom stereocenters. The highest BCUT2D eigenvalue weighted by Crippen LogP contribution is 2.26. The quantitative estimate of drug-likeness (QED) is 0.632. The molecule has 3 N–H and O–H groups in total. The van der Waals surface area contributed by atoms with Crippen LogP contribution in [-0.2, 0) is 19.6 Å². The largest absolute Gasteiger partial charge is 0.465 e. The molecule has 0 aliphatic heterocycles. The Morgan fingerprint density at radius 3 is 2.65 bits per heavy atom. The summed E-state index contributed by atoms with van der Waals surface area (Å²) < 4.78 is 31.5. The summed E-state index contributed by atoms with van der Waals surface area (Å²) in [5.74, 6) is -0.649. The Hall–Kier alpha value is -1.31. The van der Waals surface area contributed by atoms with Gasteiger partial charge in [0, 0.05) is 10.7 Å². The molecular formula is C12H17ClN2O4S. The first-order valence-electron chi connectivity index (χ1n) is 5.93. The van der Waals surface area contributed by atoms with Crippen LogP contribution in [0, 0.1) is 6.92 Å². The third kappa shape index (κ3) is 3.84. The first-order valence-corrected chi connectivity index (χ1v) is 7.79. The average molecular weight is 321 g/mol. The van der Waals surface area contributed by atoms with Gasteiger partial charge in [0.1, 0.15) is 6.04 Å². The highest BCUT2D eigenvalue weighted by Gasteiger charge is 2.25. The van der Waals surface area contributed by atoms with Crippen molar-refractivity contribution in [2.24, 2.45) is 0 Å². The van der Waals surface area contributed by atoms with Crippen LogP contribution in [0.1, 0.15) is 19.4 Å². The second kappa shape index (κ2) is 6.43. The Labute approximate surface area is 123 Å². The molecule has 1 aromatic carbocycles. The van der Waals surface area contributed by atoms with Gasteiger partial charge >= 0.3 is 5.97 Å². The number of sulfonamides is 1. The molecule has 6 nitrogen and oxygen atoms in total. The molecule has 1 aromatic rings. The number of anilines is 1. The van der Waals surface area contributed by atoms with Crippen LogP contribution in [0.15, 0.2) is 17.0 Å². The standard InChI is InChI=1S/C12H17ClN2O4S/c1-4-19-12(16)8(3)15-20(17,18)11-6-9(13)5-10(14)7(11)2/h5-6,8,15H,4,14H2,1-3H3. The topological polar surface area (TPSA) is 98.5 Å². The molecule has 1 atom stereocenters. The Bertz CT molecular complexity index is 616. The van der Waals surface area contributed by atoms with Gasteiger partial charge in [-0.1, -0.05) is 11.6 Å². The lowest BCUT2D eigenvalue weighted by Gasteiger charge is -2.15. The van der Waals surface area contributed by atoms with E-state index in [9.17, 15) is 13.2 Å². The Balaban J connectivity index is 3.09. The van der Waals surface area contributed by atoms with E-state index in [2.05, 4.69) is 4.72 Å². The highest BCUT2D eigenvalue weighted by molar-refractivity contribution is 7.89. The van der Waals surface area contributed by atoms with Crippen molar-refractivity contribution >= 4 is 33.3 Å². The maximum absolute atomic E-state index is 12.2. The molecule has 0 amide bonds. The molecule has 0 spiro atoms. The first-order chi connectivity index (χ1) is 9.19. The van der Waals surface area contributed by atoms with Crippen LogP contribution in [0.2, 0.25) is 5.02 Å². The third-order valence-electron chi connectivity index (χ3n) is 2.63. The Kier molecular flexibility index (Phi) is 5.38. The van der Waals surface area contributed by atoms with Crippen LogP contribution in [-0.4, -0.2) is 27.0 Å². The third-order valence-corrected chi connectivity index (χ3v) is 4.51. The lowest BCUT2D eigenvalue weighted by molar-refractivity contribution is -0.144. The number of nitrogen functional groups attached to an aromatic ring is 1. The molecule has 0 heterocycles. The van der Waals surface area contributed by atoms with E-state index in [-0.39, 0.29) is 22.2 Å². The zero-order chi connectivity index (χ0) is 15.5. The number of hydrogen-bond acceptors (Lipinski definition) is 5. The number of esters is 1. The summed E-state index contributed by atoms with van der Waals surface area (Å²) >= 11 is 5.81. The number of carbonyl (C=O) groups is 1. The predicted octanol–water partition coefficient (Wildman–Crippen LogP) is 1.46. The van der Waals surface area contributed by atoms with Crippen molar-refractivity contribution in [2.75, 3.05) is 12.3 Å². The normalized spacial score (nSPS) is 13.0. The van der Waals surface area contributed by atoms with Gasteiger partial charge in [-0.25, -0.2) is 8.42 Å². The second-order valence-electron chi connectivity index (χ2n) is 4.21. The van der Waals surface area contributed by atoms with Crippen molar-refractivity contribution in [1.29, 1.82) is 0 Å². The van der Waals surface area contributed by atoms with Crippen LogP contribution < -0.4 is 10.5 Å². The minimum Gasteiger partial charge on any atom is -0.465 e. The summed E-state index contributed by atoms with van der Waals surface area (Å²) in [6, 6.07) is 1.75. The van der Waals surface area contributed by atoms with Crippen LogP contribution in [0.5, 0.6) is 0 Å². The van der Waals surface area contributed by atoms with Crippen molar-refractivity contribution in [1.82, 2.24) is 4.72 Å². The predicted molar refractivity (Wildman–Crippen MR) is 77.0 cm³/mol. The van der Waals surface area contributed by atoms with E-state index in [1.54, 1.807) is 13.8 Å². The smallest absolute Gasteiger partial charge is 0.323 e. The van der Waals surface area contributed by atoms with Crippen LogP contribution in [0.25, 0.3) is 0 Å². The van der Waals surface area contributed by atoms with E-state index in [1.807, 2.05) is 0 Å². The summed E-state index contributed by atoms with van der Waals surface area (Å²) in [5, 5.41) is 0.206. The summed E-state index contributed by atoms with van der Waals surface area (Å²) in [4.78, 5) is 11.4. The van der Waals surface area contributed by atoms with Crippen LogP contribution in [0.3, 0.4) is 0 Å². The molecule has 0 bridgehead atoms. The minimum absolute atomic E-state index is 0.0568. The molecular weight excluding hydrogens is 304 g/mol. The average Bonchev–Trinajstić information content (AvgIpc) is 2.33.